The van der Waals surface area contributed by atoms with Crippen LogP contribution >= 0.6 is 0 Å². The van der Waals surface area contributed by atoms with Gasteiger partial charge < -0.3 is 10.1 Å². The van der Waals surface area contributed by atoms with Crippen LogP contribution in [0.1, 0.15) is 38.2 Å². The number of carbonyl (C=O) groups excluding carboxylic acids is 3. The molecule has 2 fully saturated rings. The monoisotopic (exact) mass is 356 g/mol. The second-order valence-corrected chi connectivity index (χ2v) is 7.08. The Morgan fingerprint density at radius 3 is 2.65 bits per heavy atom. The largest absolute Gasteiger partial charge is 0.460 e. The molecule has 1 heterocycles. The summed E-state index contributed by atoms with van der Waals surface area (Å²) < 4.78 is 5.12. The third-order valence-electron chi connectivity index (χ3n) is 5.11. The Labute approximate surface area is 153 Å². The molecule has 138 valence electrons. The molecule has 6 nitrogen and oxygen atoms in total. The van der Waals surface area contributed by atoms with Crippen molar-refractivity contribution in [3.63, 3.8) is 0 Å². The lowest BCUT2D eigenvalue weighted by molar-refractivity contribution is -0.147. The van der Waals surface area contributed by atoms with Crippen molar-refractivity contribution in [1.82, 2.24) is 10.2 Å². The third kappa shape index (κ3) is 3.95. The first-order valence-electron chi connectivity index (χ1n) is 9.01. The Morgan fingerprint density at radius 2 is 1.96 bits per heavy atom. The number of nitrogens with zero attached hydrogens (tertiary/aromatic N) is 1. The fraction of sp³-hybridized carbons (Fsp3) is 0.450. The minimum absolute atomic E-state index is 0.0973. The number of hydrogen-bond donors (Lipinski definition) is 1. The van der Waals surface area contributed by atoms with Gasteiger partial charge in [0, 0.05) is 0 Å². The Kier molecular flexibility index (Phi) is 5.40. The highest BCUT2D eigenvalue weighted by atomic mass is 16.5. The lowest BCUT2D eigenvalue weighted by Gasteiger charge is -2.33. The first kappa shape index (κ1) is 18.2. The van der Waals surface area contributed by atoms with Crippen molar-refractivity contribution in [2.24, 2.45) is 5.92 Å². The fourth-order valence-corrected chi connectivity index (χ4v) is 3.48. The van der Waals surface area contributed by atoms with Crippen LogP contribution in [0.5, 0.6) is 0 Å². The van der Waals surface area contributed by atoms with Crippen LogP contribution in [0.25, 0.3) is 6.08 Å². The highest BCUT2D eigenvalue weighted by molar-refractivity contribution is 6.08. The van der Waals surface area contributed by atoms with Crippen LogP contribution in [0.3, 0.4) is 0 Å². The third-order valence-corrected chi connectivity index (χ3v) is 5.11. The molecular formula is C20H24N2O4. The second-order valence-electron chi connectivity index (χ2n) is 7.08. The van der Waals surface area contributed by atoms with E-state index in [1.807, 2.05) is 36.4 Å². The Bertz CT molecular complexity index is 706. The summed E-state index contributed by atoms with van der Waals surface area (Å²) in [4.78, 5) is 37.8. The van der Waals surface area contributed by atoms with E-state index in [9.17, 15) is 14.4 Å². The van der Waals surface area contributed by atoms with Crippen LogP contribution < -0.4 is 5.32 Å². The topological polar surface area (TPSA) is 75.7 Å². The fourth-order valence-electron chi connectivity index (χ4n) is 3.48. The first-order valence-corrected chi connectivity index (χ1v) is 9.01. The molecule has 1 aliphatic heterocycles. The van der Waals surface area contributed by atoms with Crippen LogP contribution in [0.15, 0.2) is 36.4 Å². The number of ether oxygens (including phenoxy) is 1. The summed E-state index contributed by atoms with van der Waals surface area (Å²) in [6.07, 6.45) is 6.62. The standard InChI is InChI=1S/C20H24N2O4/c1-15-9-11-20(12-10-15)18(24)22(19(25)21-20)14-17(23)26-13-5-8-16-6-3-2-4-7-16/h2-8,15H,9-14H2,1H3,(H,21,25)/b8-5-. The van der Waals surface area contributed by atoms with Crippen LogP contribution in [-0.2, 0) is 14.3 Å². The van der Waals surface area contributed by atoms with Crippen LogP contribution in [-0.4, -0.2) is 41.5 Å². The predicted molar refractivity (Wildman–Crippen MR) is 97.0 cm³/mol. The van der Waals surface area contributed by atoms with Gasteiger partial charge in [0.1, 0.15) is 18.7 Å². The van der Waals surface area contributed by atoms with E-state index in [2.05, 4.69) is 12.2 Å². The number of rotatable bonds is 5. The van der Waals surface area contributed by atoms with Crippen molar-refractivity contribution >= 4 is 24.0 Å². The molecule has 1 aromatic carbocycles. The Hall–Kier alpha value is -2.63. The van der Waals surface area contributed by atoms with Gasteiger partial charge in [-0.1, -0.05) is 43.3 Å². The van der Waals surface area contributed by atoms with Crippen LogP contribution in [0.2, 0.25) is 0 Å². The molecule has 26 heavy (non-hydrogen) atoms. The number of hydrogen-bond acceptors (Lipinski definition) is 4. The number of esters is 1. The lowest BCUT2D eigenvalue weighted by Crippen LogP contribution is -2.49. The van der Waals surface area contributed by atoms with Gasteiger partial charge in [0.15, 0.2) is 0 Å². The SMILES string of the molecule is CC1CCC2(CC1)NC(=O)N(CC(=O)OC/C=C\c1ccccc1)C2=O. The van der Waals surface area contributed by atoms with Crippen molar-refractivity contribution in [1.29, 1.82) is 0 Å². The van der Waals surface area contributed by atoms with Gasteiger partial charge in [0.05, 0.1) is 0 Å². The van der Waals surface area contributed by atoms with E-state index in [-0.39, 0.29) is 19.1 Å². The molecule has 6 heteroatoms. The molecular weight excluding hydrogens is 332 g/mol. The van der Waals surface area contributed by atoms with E-state index in [0.717, 1.165) is 23.3 Å². The van der Waals surface area contributed by atoms with Gasteiger partial charge in [0.2, 0.25) is 0 Å². The number of imide groups is 1. The highest BCUT2D eigenvalue weighted by Crippen LogP contribution is 2.36. The summed E-state index contributed by atoms with van der Waals surface area (Å²) in [7, 11) is 0. The number of carbonyl (C=O) groups is 3. The summed E-state index contributed by atoms with van der Waals surface area (Å²) in [5, 5.41) is 2.80. The van der Waals surface area contributed by atoms with E-state index >= 15 is 0 Å². The second kappa shape index (κ2) is 7.72. The molecule has 0 atom stereocenters. The molecule has 3 rings (SSSR count). The first-order chi connectivity index (χ1) is 12.5. The maximum Gasteiger partial charge on any atom is 0.326 e. The highest BCUT2D eigenvalue weighted by Gasteiger charge is 2.52. The minimum atomic E-state index is -0.822. The molecule has 1 spiro atoms. The van der Waals surface area contributed by atoms with Gasteiger partial charge in [-0.2, -0.15) is 0 Å². The molecule has 0 bridgehead atoms. The van der Waals surface area contributed by atoms with E-state index in [1.165, 1.54) is 0 Å². The zero-order valence-electron chi connectivity index (χ0n) is 14.9. The van der Waals surface area contributed by atoms with Crippen molar-refractivity contribution < 1.29 is 19.1 Å². The van der Waals surface area contributed by atoms with E-state index in [1.54, 1.807) is 6.08 Å². The number of urea groups is 1. The number of nitrogens with one attached hydrogen (secondary N) is 1. The number of amides is 3. The quantitative estimate of drug-likeness (QED) is 0.650. The van der Waals surface area contributed by atoms with Crippen LogP contribution in [0.4, 0.5) is 4.79 Å². The zero-order chi connectivity index (χ0) is 18.6. The summed E-state index contributed by atoms with van der Waals surface area (Å²) in [6.45, 7) is 1.90. The smallest absolute Gasteiger partial charge is 0.326 e. The van der Waals surface area contributed by atoms with Crippen molar-refractivity contribution in [3.05, 3.63) is 42.0 Å². The number of benzene rings is 1. The van der Waals surface area contributed by atoms with Crippen LogP contribution in [0, 0.1) is 5.92 Å². The lowest BCUT2D eigenvalue weighted by atomic mass is 9.77. The molecule has 1 aliphatic carbocycles. The van der Waals surface area contributed by atoms with E-state index in [4.69, 9.17) is 4.74 Å². The van der Waals surface area contributed by atoms with Gasteiger partial charge in [-0.05, 0) is 43.2 Å². The van der Waals surface area contributed by atoms with Gasteiger partial charge in [-0.3, -0.25) is 14.5 Å². The molecule has 1 aromatic rings. The average molecular weight is 356 g/mol. The Morgan fingerprint density at radius 1 is 1.27 bits per heavy atom. The van der Waals surface area contributed by atoms with Gasteiger partial charge >= 0.3 is 12.0 Å². The molecule has 1 saturated carbocycles. The molecule has 2 aliphatic rings. The summed E-state index contributed by atoms with van der Waals surface area (Å²) in [5.41, 5.74) is 0.183. The summed E-state index contributed by atoms with van der Waals surface area (Å²) in [5.74, 6) is -0.334. The molecule has 1 saturated heterocycles. The molecule has 1 N–H and O–H groups in total. The molecule has 0 aromatic heterocycles. The minimum Gasteiger partial charge on any atom is -0.460 e. The van der Waals surface area contributed by atoms with Crippen molar-refractivity contribution in [3.8, 4) is 0 Å². The zero-order valence-corrected chi connectivity index (χ0v) is 14.9. The van der Waals surface area contributed by atoms with E-state index in [0.29, 0.717) is 18.8 Å². The Balaban J connectivity index is 1.50. The molecule has 0 radical (unpaired) electrons. The van der Waals surface area contributed by atoms with Crippen molar-refractivity contribution in [2.75, 3.05) is 13.2 Å². The van der Waals surface area contributed by atoms with Gasteiger partial charge in [0.25, 0.3) is 5.91 Å². The van der Waals surface area contributed by atoms with E-state index < -0.39 is 17.5 Å². The summed E-state index contributed by atoms with van der Waals surface area (Å²) >= 11 is 0. The normalized spacial score (nSPS) is 25.7. The van der Waals surface area contributed by atoms with Crippen molar-refractivity contribution in [2.45, 2.75) is 38.1 Å². The van der Waals surface area contributed by atoms with Gasteiger partial charge in [-0.25, -0.2) is 4.79 Å². The predicted octanol–water partition coefficient (Wildman–Crippen LogP) is 2.74. The average Bonchev–Trinajstić information content (AvgIpc) is 2.87. The maximum absolute atomic E-state index is 12.7. The van der Waals surface area contributed by atoms with Gasteiger partial charge in [-0.15, -0.1) is 0 Å². The molecule has 3 amide bonds. The maximum atomic E-state index is 12.7. The molecule has 0 unspecified atom stereocenters. The summed E-state index contributed by atoms with van der Waals surface area (Å²) in [6, 6.07) is 9.15.